The minimum absolute atomic E-state index is 0.0225. The van der Waals surface area contributed by atoms with Crippen LogP contribution in [-0.2, 0) is 13.7 Å². The molecule has 0 radical (unpaired) electrons. The van der Waals surface area contributed by atoms with E-state index < -0.39 is 0 Å². The number of hydrogen-bond acceptors (Lipinski definition) is 6. The van der Waals surface area contributed by atoms with Gasteiger partial charge in [-0.05, 0) is 43.2 Å². The van der Waals surface area contributed by atoms with Gasteiger partial charge in [-0.3, -0.25) is 4.79 Å². The molecular weight excluding hydrogens is 372 g/mol. The summed E-state index contributed by atoms with van der Waals surface area (Å²) in [5, 5.41) is 17.8. The normalized spacial score (nSPS) is 10.5. The average molecular weight is 392 g/mol. The Balaban J connectivity index is 1.60. The van der Waals surface area contributed by atoms with Gasteiger partial charge in [0.2, 0.25) is 0 Å². The molecule has 0 unspecified atom stereocenters. The predicted octanol–water partition coefficient (Wildman–Crippen LogP) is 3.86. The number of thioether (sulfide) groups is 1. The molecule has 0 aliphatic rings. The molecule has 0 bridgehead atoms. The van der Waals surface area contributed by atoms with E-state index in [4.69, 9.17) is 10.00 Å². The van der Waals surface area contributed by atoms with Crippen LogP contribution in [-0.4, -0.2) is 26.3 Å². The molecule has 0 spiro atoms. The van der Waals surface area contributed by atoms with Crippen molar-refractivity contribution >= 4 is 17.5 Å². The number of rotatable bonds is 7. The van der Waals surface area contributed by atoms with Crippen molar-refractivity contribution < 1.29 is 9.53 Å². The summed E-state index contributed by atoms with van der Waals surface area (Å²) in [4.78, 5) is 12.3. The van der Waals surface area contributed by atoms with Crippen LogP contribution in [0.1, 0.15) is 32.9 Å². The van der Waals surface area contributed by atoms with Crippen molar-refractivity contribution in [3.05, 3.63) is 70.5 Å². The SMILES string of the molecule is Cc1ccc(C)c(OCc2nnc(SCC(=O)c3ccc(C#N)cc3)n2C)c1. The molecule has 0 atom stereocenters. The third kappa shape index (κ3) is 4.59. The largest absolute Gasteiger partial charge is 0.485 e. The molecule has 0 saturated heterocycles. The topological polar surface area (TPSA) is 80.8 Å². The van der Waals surface area contributed by atoms with E-state index in [2.05, 4.69) is 10.2 Å². The van der Waals surface area contributed by atoms with Gasteiger partial charge in [0.05, 0.1) is 17.4 Å². The molecule has 0 aliphatic carbocycles. The van der Waals surface area contributed by atoms with Crippen molar-refractivity contribution in [3.63, 3.8) is 0 Å². The first kappa shape index (κ1) is 19.6. The molecule has 28 heavy (non-hydrogen) atoms. The molecule has 0 fully saturated rings. The second-order valence-corrected chi connectivity index (χ2v) is 7.36. The van der Waals surface area contributed by atoms with Crippen LogP contribution < -0.4 is 4.74 Å². The average Bonchev–Trinajstić information content (AvgIpc) is 3.06. The summed E-state index contributed by atoms with van der Waals surface area (Å²) >= 11 is 1.33. The Labute approximate surface area is 168 Å². The van der Waals surface area contributed by atoms with E-state index in [1.54, 1.807) is 24.3 Å². The number of carbonyl (C=O) groups is 1. The number of ether oxygens (including phenoxy) is 1. The van der Waals surface area contributed by atoms with Gasteiger partial charge in [-0.1, -0.05) is 36.0 Å². The molecule has 3 rings (SSSR count). The van der Waals surface area contributed by atoms with Crippen molar-refractivity contribution in [2.24, 2.45) is 7.05 Å². The lowest BCUT2D eigenvalue weighted by Gasteiger charge is -2.09. The van der Waals surface area contributed by atoms with Gasteiger partial charge in [-0.25, -0.2) is 0 Å². The Morgan fingerprint density at radius 3 is 2.64 bits per heavy atom. The van der Waals surface area contributed by atoms with E-state index >= 15 is 0 Å². The maximum Gasteiger partial charge on any atom is 0.191 e. The van der Waals surface area contributed by atoms with Crippen LogP contribution >= 0.6 is 11.8 Å². The van der Waals surface area contributed by atoms with Gasteiger partial charge in [0, 0.05) is 12.6 Å². The predicted molar refractivity (Wildman–Crippen MR) is 107 cm³/mol. The van der Waals surface area contributed by atoms with Crippen molar-refractivity contribution in [2.75, 3.05) is 5.75 Å². The third-order valence-corrected chi connectivity index (χ3v) is 5.31. The van der Waals surface area contributed by atoms with Gasteiger partial charge < -0.3 is 9.30 Å². The number of aryl methyl sites for hydroxylation is 2. The number of Topliss-reactive ketones (excluding diaryl/α,β-unsaturated/α-hetero) is 1. The molecular formula is C21H20N4O2S. The van der Waals surface area contributed by atoms with E-state index in [0.29, 0.717) is 28.7 Å². The van der Waals surface area contributed by atoms with Crippen molar-refractivity contribution in [1.29, 1.82) is 5.26 Å². The Morgan fingerprint density at radius 1 is 1.18 bits per heavy atom. The maximum atomic E-state index is 12.3. The molecule has 2 aromatic carbocycles. The lowest BCUT2D eigenvalue weighted by atomic mass is 10.1. The van der Waals surface area contributed by atoms with Gasteiger partial charge in [-0.15, -0.1) is 10.2 Å². The lowest BCUT2D eigenvalue weighted by Crippen LogP contribution is -2.06. The Kier molecular flexibility index (Phi) is 6.12. The highest BCUT2D eigenvalue weighted by Crippen LogP contribution is 2.22. The zero-order chi connectivity index (χ0) is 20.1. The van der Waals surface area contributed by atoms with Crippen molar-refractivity contribution in [2.45, 2.75) is 25.6 Å². The number of nitrogens with zero attached hydrogens (tertiary/aromatic N) is 4. The number of hydrogen-bond donors (Lipinski definition) is 0. The number of ketones is 1. The summed E-state index contributed by atoms with van der Waals surface area (Å²) in [6, 6.07) is 14.7. The monoisotopic (exact) mass is 392 g/mol. The molecule has 1 heterocycles. The first-order chi connectivity index (χ1) is 13.5. The van der Waals surface area contributed by atoms with Gasteiger partial charge in [0.25, 0.3) is 0 Å². The fourth-order valence-corrected chi connectivity index (χ4v) is 3.37. The molecule has 0 amide bonds. The van der Waals surface area contributed by atoms with Crippen LogP contribution in [0.3, 0.4) is 0 Å². The summed E-state index contributed by atoms with van der Waals surface area (Å²) < 4.78 is 7.72. The molecule has 7 heteroatoms. The van der Waals surface area contributed by atoms with Crippen LogP contribution in [0.15, 0.2) is 47.6 Å². The zero-order valence-corrected chi connectivity index (χ0v) is 16.8. The molecule has 3 aromatic rings. The van der Waals surface area contributed by atoms with Crippen LogP contribution in [0, 0.1) is 25.2 Å². The van der Waals surface area contributed by atoms with E-state index in [1.165, 1.54) is 11.8 Å². The number of aromatic nitrogens is 3. The molecule has 6 nitrogen and oxygen atoms in total. The van der Waals surface area contributed by atoms with Gasteiger partial charge >= 0.3 is 0 Å². The van der Waals surface area contributed by atoms with Gasteiger partial charge in [0.1, 0.15) is 12.4 Å². The standard InChI is InChI=1S/C21H20N4O2S/c1-14-4-5-15(2)19(10-14)27-12-20-23-24-21(25(20)3)28-13-18(26)17-8-6-16(11-22)7-9-17/h4-10H,12-13H2,1-3H3. The lowest BCUT2D eigenvalue weighted by molar-refractivity contribution is 0.102. The van der Waals surface area contributed by atoms with Crippen LogP contribution in [0.5, 0.6) is 5.75 Å². The van der Waals surface area contributed by atoms with E-state index in [0.717, 1.165) is 16.9 Å². The summed E-state index contributed by atoms with van der Waals surface area (Å²) in [6.07, 6.45) is 0. The van der Waals surface area contributed by atoms with Crippen LogP contribution in [0.25, 0.3) is 0 Å². The van der Waals surface area contributed by atoms with Gasteiger partial charge in [0.15, 0.2) is 16.8 Å². The molecule has 0 aliphatic heterocycles. The summed E-state index contributed by atoms with van der Waals surface area (Å²) in [7, 11) is 1.86. The fraction of sp³-hybridized carbons (Fsp3) is 0.238. The molecule has 0 saturated carbocycles. The molecule has 1 aromatic heterocycles. The smallest absolute Gasteiger partial charge is 0.191 e. The third-order valence-electron chi connectivity index (χ3n) is 4.29. The molecule has 0 N–H and O–H groups in total. The number of carbonyl (C=O) groups excluding carboxylic acids is 1. The van der Waals surface area contributed by atoms with Crippen molar-refractivity contribution in [1.82, 2.24) is 14.8 Å². The number of benzene rings is 2. The van der Waals surface area contributed by atoms with Gasteiger partial charge in [-0.2, -0.15) is 5.26 Å². The second kappa shape index (κ2) is 8.72. The highest BCUT2D eigenvalue weighted by molar-refractivity contribution is 7.99. The number of nitriles is 1. The van der Waals surface area contributed by atoms with Crippen molar-refractivity contribution in [3.8, 4) is 11.8 Å². The van der Waals surface area contributed by atoms with E-state index in [-0.39, 0.29) is 11.5 Å². The second-order valence-electron chi connectivity index (χ2n) is 6.42. The highest BCUT2D eigenvalue weighted by atomic mass is 32.2. The first-order valence-corrected chi connectivity index (χ1v) is 9.71. The minimum atomic E-state index is -0.0225. The van der Waals surface area contributed by atoms with E-state index in [1.807, 2.05) is 49.7 Å². The molecule has 142 valence electrons. The fourth-order valence-electron chi connectivity index (χ4n) is 2.55. The quantitative estimate of drug-likeness (QED) is 0.449. The van der Waals surface area contributed by atoms with E-state index in [9.17, 15) is 4.79 Å². The Bertz CT molecular complexity index is 1040. The zero-order valence-electron chi connectivity index (χ0n) is 16.0. The van der Waals surface area contributed by atoms with Crippen LogP contribution in [0.4, 0.5) is 0 Å². The van der Waals surface area contributed by atoms with Crippen LogP contribution in [0.2, 0.25) is 0 Å². The Hall–Kier alpha value is -3.11. The summed E-state index contributed by atoms with van der Waals surface area (Å²) in [6.45, 7) is 4.33. The first-order valence-electron chi connectivity index (χ1n) is 8.72. The Morgan fingerprint density at radius 2 is 1.93 bits per heavy atom. The summed E-state index contributed by atoms with van der Waals surface area (Å²) in [5.74, 6) is 1.74. The highest BCUT2D eigenvalue weighted by Gasteiger charge is 2.13. The minimum Gasteiger partial charge on any atom is -0.485 e. The summed E-state index contributed by atoms with van der Waals surface area (Å²) in [5.41, 5.74) is 3.31. The maximum absolute atomic E-state index is 12.3.